The van der Waals surface area contributed by atoms with Crippen LogP contribution in [0, 0.1) is 5.41 Å². The van der Waals surface area contributed by atoms with Gasteiger partial charge in [0.1, 0.15) is 0 Å². The lowest BCUT2D eigenvalue weighted by molar-refractivity contribution is 0.200. The first-order chi connectivity index (χ1) is 11.3. The molecule has 2 fully saturated rings. The van der Waals surface area contributed by atoms with Gasteiger partial charge in [-0.05, 0) is 36.6 Å². The SMILES string of the molecule is CCc1cnc(N2CC3(CCN(Cc4cccnc4)C3)C2)nc1. The summed E-state index contributed by atoms with van der Waals surface area (Å²) < 4.78 is 0. The molecule has 2 aromatic heterocycles. The van der Waals surface area contributed by atoms with Crippen molar-refractivity contribution in [3.8, 4) is 0 Å². The third-order valence-electron chi connectivity index (χ3n) is 5.08. The average molecular weight is 309 g/mol. The van der Waals surface area contributed by atoms with Crippen molar-refractivity contribution in [1.82, 2.24) is 19.9 Å². The molecule has 0 unspecified atom stereocenters. The van der Waals surface area contributed by atoms with E-state index >= 15 is 0 Å². The third kappa shape index (κ3) is 2.93. The van der Waals surface area contributed by atoms with Crippen LogP contribution in [0.1, 0.15) is 24.5 Å². The molecule has 1 spiro atoms. The van der Waals surface area contributed by atoms with Gasteiger partial charge < -0.3 is 4.90 Å². The van der Waals surface area contributed by atoms with Crippen LogP contribution in [0.25, 0.3) is 0 Å². The number of nitrogens with zero attached hydrogens (tertiary/aromatic N) is 5. The van der Waals surface area contributed by atoms with Crippen LogP contribution in [0.4, 0.5) is 5.95 Å². The van der Waals surface area contributed by atoms with Gasteiger partial charge in [0.2, 0.25) is 5.95 Å². The van der Waals surface area contributed by atoms with E-state index in [1.54, 1.807) is 0 Å². The fourth-order valence-electron chi connectivity index (χ4n) is 3.77. The lowest BCUT2D eigenvalue weighted by atomic mass is 9.79. The van der Waals surface area contributed by atoms with E-state index in [-0.39, 0.29) is 0 Å². The van der Waals surface area contributed by atoms with Gasteiger partial charge in [0.15, 0.2) is 0 Å². The minimum Gasteiger partial charge on any atom is -0.339 e. The van der Waals surface area contributed by atoms with Gasteiger partial charge in [-0.15, -0.1) is 0 Å². The summed E-state index contributed by atoms with van der Waals surface area (Å²) in [6, 6.07) is 4.18. The van der Waals surface area contributed by atoms with Gasteiger partial charge in [0.05, 0.1) is 0 Å². The molecule has 0 N–H and O–H groups in total. The van der Waals surface area contributed by atoms with Crippen molar-refractivity contribution in [3.05, 3.63) is 48.0 Å². The summed E-state index contributed by atoms with van der Waals surface area (Å²) in [6.07, 6.45) is 9.99. The van der Waals surface area contributed by atoms with Gasteiger partial charge in [-0.2, -0.15) is 0 Å². The number of likely N-dealkylation sites (tertiary alicyclic amines) is 1. The molecule has 0 amide bonds. The quantitative estimate of drug-likeness (QED) is 0.866. The Morgan fingerprint density at radius 2 is 1.91 bits per heavy atom. The van der Waals surface area contributed by atoms with Gasteiger partial charge in [0, 0.05) is 56.4 Å². The average Bonchev–Trinajstić information content (AvgIpc) is 2.99. The molecule has 0 atom stereocenters. The topological polar surface area (TPSA) is 45.2 Å². The van der Waals surface area contributed by atoms with E-state index in [2.05, 4.69) is 37.7 Å². The van der Waals surface area contributed by atoms with Crippen molar-refractivity contribution >= 4 is 5.95 Å². The van der Waals surface area contributed by atoms with Crippen molar-refractivity contribution in [2.75, 3.05) is 31.1 Å². The monoisotopic (exact) mass is 309 g/mol. The van der Waals surface area contributed by atoms with Crippen LogP contribution in [-0.2, 0) is 13.0 Å². The van der Waals surface area contributed by atoms with E-state index in [0.717, 1.165) is 32.0 Å². The molecular formula is C18H23N5. The second-order valence-electron chi connectivity index (χ2n) is 6.92. The summed E-state index contributed by atoms with van der Waals surface area (Å²) in [5.41, 5.74) is 2.95. The van der Waals surface area contributed by atoms with Crippen LogP contribution >= 0.6 is 0 Å². The van der Waals surface area contributed by atoms with Gasteiger partial charge >= 0.3 is 0 Å². The fraction of sp³-hybridized carbons (Fsp3) is 0.500. The molecule has 0 bridgehead atoms. The zero-order chi connectivity index (χ0) is 15.7. The summed E-state index contributed by atoms with van der Waals surface area (Å²) >= 11 is 0. The van der Waals surface area contributed by atoms with Crippen LogP contribution in [-0.4, -0.2) is 46.0 Å². The van der Waals surface area contributed by atoms with Gasteiger partial charge in [0.25, 0.3) is 0 Å². The first kappa shape index (κ1) is 14.6. The van der Waals surface area contributed by atoms with Crippen LogP contribution in [0.5, 0.6) is 0 Å². The van der Waals surface area contributed by atoms with Gasteiger partial charge in [-0.25, -0.2) is 9.97 Å². The Balaban J connectivity index is 1.34. The molecule has 0 radical (unpaired) electrons. The zero-order valence-corrected chi connectivity index (χ0v) is 13.6. The number of anilines is 1. The van der Waals surface area contributed by atoms with Crippen molar-refractivity contribution in [2.24, 2.45) is 5.41 Å². The maximum atomic E-state index is 4.51. The minimum absolute atomic E-state index is 0.439. The third-order valence-corrected chi connectivity index (χ3v) is 5.08. The lowest BCUT2D eigenvalue weighted by Crippen LogP contribution is -2.58. The Kier molecular flexibility index (Phi) is 3.73. The molecule has 120 valence electrons. The molecule has 2 aliphatic heterocycles. The van der Waals surface area contributed by atoms with E-state index < -0.39 is 0 Å². The molecule has 0 aromatic carbocycles. The molecule has 0 aliphatic carbocycles. The number of rotatable bonds is 4. The van der Waals surface area contributed by atoms with Crippen molar-refractivity contribution in [2.45, 2.75) is 26.3 Å². The molecule has 4 heterocycles. The lowest BCUT2D eigenvalue weighted by Gasteiger charge is -2.48. The van der Waals surface area contributed by atoms with E-state index in [1.165, 1.54) is 30.6 Å². The highest BCUT2D eigenvalue weighted by atomic mass is 15.3. The molecule has 5 heteroatoms. The second-order valence-corrected chi connectivity index (χ2v) is 6.92. The van der Waals surface area contributed by atoms with Crippen LogP contribution < -0.4 is 4.90 Å². The van der Waals surface area contributed by atoms with Crippen molar-refractivity contribution in [1.29, 1.82) is 0 Å². The molecular weight excluding hydrogens is 286 g/mol. The molecule has 4 rings (SSSR count). The predicted molar refractivity (Wildman–Crippen MR) is 90.2 cm³/mol. The number of hydrogen-bond acceptors (Lipinski definition) is 5. The molecule has 2 aromatic rings. The minimum atomic E-state index is 0.439. The molecule has 2 aliphatic rings. The maximum Gasteiger partial charge on any atom is 0.225 e. The number of hydrogen-bond donors (Lipinski definition) is 0. The second kappa shape index (κ2) is 5.89. The number of aryl methyl sites for hydroxylation is 1. The van der Waals surface area contributed by atoms with E-state index in [0.29, 0.717) is 5.41 Å². The highest BCUT2D eigenvalue weighted by Crippen LogP contribution is 2.41. The first-order valence-corrected chi connectivity index (χ1v) is 8.43. The Labute approximate surface area is 137 Å². The van der Waals surface area contributed by atoms with Gasteiger partial charge in [-0.3, -0.25) is 9.88 Å². The van der Waals surface area contributed by atoms with Gasteiger partial charge in [-0.1, -0.05) is 13.0 Å². The first-order valence-electron chi connectivity index (χ1n) is 8.43. The standard InChI is InChI=1S/C18H23N5/c1-2-15-9-20-17(21-10-15)23-13-18(14-23)5-7-22(12-18)11-16-4-3-6-19-8-16/h3-4,6,8-10H,2,5,7,11-14H2,1H3. The predicted octanol–water partition coefficient (Wildman–Crippen LogP) is 2.15. The summed E-state index contributed by atoms with van der Waals surface area (Å²) in [4.78, 5) is 18.1. The van der Waals surface area contributed by atoms with Crippen LogP contribution in [0.15, 0.2) is 36.9 Å². The Bertz CT molecular complexity index is 649. The highest BCUT2D eigenvalue weighted by Gasteiger charge is 2.48. The summed E-state index contributed by atoms with van der Waals surface area (Å²) in [5, 5.41) is 0. The Morgan fingerprint density at radius 3 is 2.61 bits per heavy atom. The number of aromatic nitrogens is 3. The number of pyridine rings is 1. The Hall–Kier alpha value is -2.01. The highest BCUT2D eigenvalue weighted by molar-refractivity contribution is 5.37. The van der Waals surface area contributed by atoms with Crippen LogP contribution in [0.3, 0.4) is 0 Å². The smallest absolute Gasteiger partial charge is 0.225 e. The fourth-order valence-corrected chi connectivity index (χ4v) is 3.77. The summed E-state index contributed by atoms with van der Waals surface area (Å²) in [7, 11) is 0. The maximum absolute atomic E-state index is 4.51. The summed E-state index contributed by atoms with van der Waals surface area (Å²) in [5.74, 6) is 0.888. The van der Waals surface area contributed by atoms with Crippen LogP contribution in [0.2, 0.25) is 0 Å². The van der Waals surface area contributed by atoms with E-state index in [4.69, 9.17) is 0 Å². The van der Waals surface area contributed by atoms with E-state index in [1.807, 2.05) is 30.9 Å². The molecule has 23 heavy (non-hydrogen) atoms. The van der Waals surface area contributed by atoms with Crippen molar-refractivity contribution in [3.63, 3.8) is 0 Å². The Morgan fingerprint density at radius 1 is 1.09 bits per heavy atom. The normalized spacial score (nSPS) is 20.0. The molecule has 5 nitrogen and oxygen atoms in total. The zero-order valence-electron chi connectivity index (χ0n) is 13.6. The van der Waals surface area contributed by atoms with Crippen molar-refractivity contribution < 1.29 is 0 Å². The molecule has 0 saturated carbocycles. The summed E-state index contributed by atoms with van der Waals surface area (Å²) in [6.45, 7) is 7.66. The molecule has 2 saturated heterocycles. The van der Waals surface area contributed by atoms with E-state index in [9.17, 15) is 0 Å². The largest absolute Gasteiger partial charge is 0.339 e.